The summed E-state index contributed by atoms with van der Waals surface area (Å²) in [6.07, 6.45) is 5.29. The smallest absolute Gasteiger partial charge is 0.254 e. The van der Waals surface area contributed by atoms with Crippen LogP contribution in [0.4, 0.5) is 5.69 Å². The molecular formula is C22H31N3O3. The van der Waals surface area contributed by atoms with Gasteiger partial charge in [-0.05, 0) is 62.1 Å². The van der Waals surface area contributed by atoms with E-state index >= 15 is 0 Å². The lowest BCUT2D eigenvalue weighted by Crippen LogP contribution is -2.48. The molecule has 3 N–H and O–H groups in total. The largest absolute Gasteiger partial charge is 0.378 e. The quantitative estimate of drug-likeness (QED) is 0.837. The van der Waals surface area contributed by atoms with E-state index in [1.165, 1.54) is 6.42 Å². The van der Waals surface area contributed by atoms with E-state index in [9.17, 15) is 9.59 Å². The molecule has 2 saturated carbocycles. The van der Waals surface area contributed by atoms with Crippen LogP contribution in [0.15, 0.2) is 18.2 Å². The van der Waals surface area contributed by atoms with Gasteiger partial charge in [0.2, 0.25) is 5.91 Å². The summed E-state index contributed by atoms with van der Waals surface area (Å²) in [6.45, 7) is 4.34. The van der Waals surface area contributed by atoms with Crippen molar-refractivity contribution in [1.29, 1.82) is 0 Å². The summed E-state index contributed by atoms with van der Waals surface area (Å²) in [4.78, 5) is 27.5. The molecule has 3 fully saturated rings. The first-order valence-electron chi connectivity index (χ1n) is 10.6. The maximum atomic E-state index is 13.0. The fourth-order valence-electron chi connectivity index (χ4n) is 5.08. The van der Waals surface area contributed by atoms with Gasteiger partial charge in [0.1, 0.15) is 0 Å². The van der Waals surface area contributed by atoms with Gasteiger partial charge in [-0.25, -0.2) is 0 Å². The Morgan fingerprint density at radius 2 is 1.82 bits per heavy atom. The Labute approximate surface area is 166 Å². The summed E-state index contributed by atoms with van der Waals surface area (Å²) in [5.41, 5.74) is 8.69. The van der Waals surface area contributed by atoms with Crippen LogP contribution in [0.2, 0.25) is 0 Å². The number of fused-ring (bicyclic) bond motifs is 2. The summed E-state index contributed by atoms with van der Waals surface area (Å²) < 4.78 is 5.33. The zero-order valence-corrected chi connectivity index (χ0v) is 16.7. The molecular weight excluding hydrogens is 354 g/mol. The van der Waals surface area contributed by atoms with Crippen LogP contribution in [0, 0.1) is 24.7 Å². The van der Waals surface area contributed by atoms with Crippen LogP contribution in [-0.4, -0.2) is 49.1 Å². The van der Waals surface area contributed by atoms with Crippen molar-refractivity contribution >= 4 is 17.5 Å². The molecule has 1 heterocycles. The Hall–Kier alpha value is -1.92. The number of aryl methyl sites for hydroxylation is 1. The molecule has 28 heavy (non-hydrogen) atoms. The SMILES string of the molecule is Cc1ccc(C(=O)N2CCOCC2)cc1NC(=O)C1CC2CCCC(C1)C2N. The summed E-state index contributed by atoms with van der Waals surface area (Å²) in [7, 11) is 0. The van der Waals surface area contributed by atoms with Crippen LogP contribution in [0.1, 0.15) is 48.0 Å². The van der Waals surface area contributed by atoms with E-state index in [2.05, 4.69) is 5.32 Å². The monoisotopic (exact) mass is 385 g/mol. The highest BCUT2D eigenvalue weighted by molar-refractivity contribution is 5.98. The second-order valence-corrected chi connectivity index (χ2v) is 8.62. The second kappa shape index (κ2) is 8.21. The van der Waals surface area contributed by atoms with Crippen molar-refractivity contribution in [2.45, 2.75) is 45.1 Å². The highest BCUT2D eigenvalue weighted by Gasteiger charge is 2.40. The van der Waals surface area contributed by atoms with Gasteiger partial charge in [-0.15, -0.1) is 0 Å². The topological polar surface area (TPSA) is 84.7 Å². The van der Waals surface area contributed by atoms with E-state index in [-0.39, 0.29) is 23.8 Å². The molecule has 3 aliphatic rings. The second-order valence-electron chi connectivity index (χ2n) is 8.62. The molecule has 6 heteroatoms. The normalized spacial score (nSPS) is 30.0. The molecule has 2 unspecified atom stereocenters. The predicted molar refractivity (Wildman–Crippen MR) is 108 cm³/mol. The lowest BCUT2D eigenvalue weighted by atomic mass is 9.65. The van der Waals surface area contributed by atoms with Gasteiger partial charge in [0.05, 0.1) is 13.2 Å². The number of nitrogens with two attached hydrogens (primary N) is 1. The van der Waals surface area contributed by atoms with E-state index in [1.807, 2.05) is 30.0 Å². The number of anilines is 1. The Kier molecular flexibility index (Phi) is 5.69. The first-order chi connectivity index (χ1) is 13.5. The average molecular weight is 386 g/mol. The molecule has 4 rings (SSSR count). The minimum absolute atomic E-state index is 0.00280. The molecule has 2 aliphatic carbocycles. The number of morpholine rings is 1. The molecule has 2 atom stereocenters. The molecule has 1 aromatic rings. The number of ether oxygens (including phenoxy) is 1. The number of carbonyl (C=O) groups excluding carboxylic acids is 2. The number of nitrogens with zero attached hydrogens (tertiary/aromatic N) is 1. The van der Waals surface area contributed by atoms with Crippen molar-refractivity contribution in [3.05, 3.63) is 29.3 Å². The zero-order valence-electron chi connectivity index (χ0n) is 16.7. The molecule has 0 radical (unpaired) electrons. The van der Waals surface area contributed by atoms with Crippen molar-refractivity contribution < 1.29 is 14.3 Å². The maximum Gasteiger partial charge on any atom is 0.254 e. The van der Waals surface area contributed by atoms with Crippen LogP contribution >= 0.6 is 0 Å². The first kappa shape index (κ1) is 19.4. The van der Waals surface area contributed by atoms with Crippen molar-refractivity contribution in [2.24, 2.45) is 23.5 Å². The maximum absolute atomic E-state index is 13.0. The number of hydrogen-bond acceptors (Lipinski definition) is 4. The zero-order chi connectivity index (χ0) is 19.7. The predicted octanol–water partition coefficient (Wildman–Crippen LogP) is 2.56. The fourth-order valence-corrected chi connectivity index (χ4v) is 5.08. The van der Waals surface area contributed by atoms with Crippen molar-refractivity contribution in [3.63, 3.8) is 0 Å². The van der Waals surface area contributed by atoms with Gasteiger partial charge >= 0.3 is 0 Å². The standard InChI is InChI=1S/C22H31N3O3/c1-14-5-6-17(22(27)25-7-9-28-10-8-25)13-19(14)24-21(26)18-11-15-3-2-4-16(12-18)20(15)23/h5-6,13,15-16,18,20H,2-4,7-12,23H2,1H3,(H,24,26). The Balaban J connectivity index is 1.45. The minimum atomic E-state index is -0.00280. The highest BCUT2D eigenvalue weighted by Crippen LogP contribution is 2.42. The third-order valence-corrected chi connectivity index (χ3v) is 6.82. The average Bonchev–Trinajstić information content (AvgIpc) is 2.69. The van der Waals surface area contributed by atoms with Crippen LogP contribution in [0.25, 0.3) is 0 Å². The number of carbonyl (C=O) groups is 2. The number of rotatable bonds is 3. The van der Waals surface area contributed by atoms with E-state index in [1.54, 1.807) is 0 Å². The van der Waals surface area contributed by atoms with Gasteiger partial charge in [-0.3, -0.25) is 9.59 Å². The Morgan fingerprint density at radius 1 is 1.14 bits per heavy atom. The molecule has 152 valence electrons. The molecule has 0 spiro atoms. The van der Waals surface area contributed by atoms with Gasteiger partial charge in [0.15, 0.2) is 0 Å². The van der Waals surface area contributed by atoms with Crippen molar-refractivity contribution in [3.8, 4) is 0 Å². The molecule has 2 bridgehead atoms. The van der Waals surface area contributed by atoms with Gasteiger partial charge in [-0.1, -0.05) is 12.5 Å². The van der Waals surface area contributed by atoms with Crippen molar-refractivity contribution in [1.82, 2.24) is 4.90 Å². The number of benzene rings is 1. The summed E-state index contributed by atoms with van der Waals surface area (Å²) in [5.74, 6) is 1.03. The third-order valence-electron chi connectivity index (χ3n) is 6.82. The van der Waals surface area contributed by atoms with E-state index in [0.717, 1.165) is 36.9 Å². The molecule has 1 aliphatic heterocycles. The Morgan fingerprint density at radius 3 is 2.50 bits per heavy atom. The highest BCUT2D eigenvalue weighted by atomic mass is 16.5. The summed E-state index contributed by atoms with van der Waals surface area (Å²) in [5, 5.41) is 3.11. The molecule has 1 aromatic carbocycles. The van der Waals surface area contributed by atoms with E-state index in [0.29, 0.717) is 43.7 Å². The molecule has 2 amide bonds. The third kappa shape index (κ3) is 3.94. The van der Waals surface area contributed by atoms with Gasteiger partial charge in [0.25, 0.3) is 5.91 Å². The minimum Gasteiger partial charge on any atom is -0.378 e. The van der Waals surface area contributed by atoms with Crippen LogP contribution in [0.3, 0.4) is 0 Å². The van der Waals surface area contributed by atoms with E-state index < -0.39 is 0 Å². The summed E-state index contributed by atoms with van der Waals surface area (Å²) in [6, 6.07) is 5.83. The summed E-state index contributed by atoms with van der Waals surface area (Å²) >= 11 is 0. The number of amides is 2. The molecule has 6 nitrogen and oxygen atoms in total. The van der Waals surface area contributed by atoms with Gasteiger partial charge < -0.3 is 20.7 Å². The number of nitrogens with one attached hydrogen (secondary N) is 1. The lowest BCUT2D eigenvalue weighted by molar-refractivity contribution is -0.122. The van der Waals surface area contributed by atoms with Gasteiger partial charge in [0, 0.05) is 36.3 Å². The van der Waals surface area contributed by atoms with Crippen LogP contribution in [0.5, 0.6) is 0 Å². The molecule has 0 aromatic heterocycles. The first-order valence-corrected chi connectivity index (χ1v) is 10.6. The van der Waals surface area contributed by atoms with Crippen LogP contribution < -0.4 is 11.1 Å². The molecule has 1 saturated heterocycles. The number of hydrogen-bond donors (Lipinski definition) is 2. The lowest BCUT2D eigenvalue weighted by Gasteiger charge is -2.43. The van der Waals surface area contributed by atoms with Gasteiger partial charge in [-0.2, -0.15) is 0 Å². The van der Waals surface area contributed by atoms with E-state index in [4.69, 9.17) is 10.5 Å². The fraction of sp³-hybridized carbons (Fsp3) is 0.636. The van der Waals surface area contributed by atoms with Crippen molar-refractivity contribution in [2.75, 3.05) is 31.6 Å². The van der Waals surface area contributed by atoms with Crippen LogP contribution in [-0.2, 0) is 9.53 Å². The Bertz CT molecular complexity index is 731.